The number of aliphatic carboxylic acids is 1. The number of aryl methyl sites for hydroxylation is 3. The highest BCUT2D eigenvalue weighted by Crippen LogP contribution is 2.30. The van der Waals surface area contributed by atoms with Crippen molar-refractivity contribution >= 4 is 12.0 Å². The van der Waals surface area contributed by atoms with E-state index in [0.717, 1.165) is 63.8 Å². The number of carboxylic acids is 1. The molecule has 38 heavy (non-hydrogen) atoms. The zero-order valence-corrected chi connectivity index (χ0v) is 21.6. The second-order valence-electron chi connectivity index (χ2n) is 9.19. The Morgan fingerprint density at radius 2 is 1.71 bits per heavy atom. The van der Waals surface area contributed by atoms with Crippen molar-refractivity contribution in [3.63, 3.8) is 0 Å². The van der Waals surface area contributed by atoms with Crippen molar-refractivity contribution in [2.24, 2.45) is 0 Å². The molecule has 0 saturated heterocycles. The zero-order chi connectivity index (χ0) is 26.6. The van der Waals surface area contributed by atoms with Crippen LogP contribution < -0.4 is 0 Å². The molecule has 0 spiro atoms. The molecule has 2 aromatic carbocycles. The Morgan fingerprint density at radius 1 is 1.00 bits per heavy atom. The van der Waals surface area contributed by atoms with Crippen LogP contribution in [-0.4, -0.2) is 45.8 Å². The van der Waals surface area contributed by atoms with E-state index in [2.05, 4.69) is 60.9 Å². The highest BCUT2D eigenvalue weighted by molar-refractivity contribution is 5.85. The molecule has 0 bridgehead atoms. The summed E-state index contributed by atoms with van der Waals surface area (Å²) in [4.78, 5) is 16.5. The number of H-pyrrole nitrogens is 1. The number of hydrogen-bond acceptors (Lipinski definition) is 5. The predicted octanol–water partition coefficient (Wildman–Crippen LogP) is 5.24. The Kier molecular flexibility index (Phi) is 6.99. The van der Waals surface area contributed by atoms with E-state index in [9.17, 15) is 9.90 Å². The van der Waals surface area contributed by atoms with E-state index in [-0.39, 0.29) is 0 Å². The van der Waals surface area contributed by atoms with Gasteiger partial charge in [-0.05, 0) is 65.6 Å². The summed E-state index contributed by atoms with van der Waals surface area (Å²) in [6.07, 6.45) is 4.54. The standard InChI is InChI=1S/C29H29N7O2/c1-4-7-26-30-29(36-19(2)10-11-20(36)3)25(16-17-27(37)38)35(26)18-21-12-14-22(15-13-21)23-8-5-6-9-24(23)28-31-33-34-32-28/h5-6,8-17H,4,7,18H2,1-3H3,(H,37,38)(H,31,32,33,34). The molecule has 0 saturated carbocycles. The number of aromatic nitrogens is 7. The molecule has 0 amide bonds. The highest BCUT2D eigenvalue weighted by atomic mass is 16.4. The molecule has 9 heteroatoms. The molecule has 0 atom stereocenters. The molecule has 0 fully saturated rings. The number of nitrogens with one attached hydrogen (secondary N) is 1. The monoisotopic (exact) mass is 507 g/mol. The van der Waals surface area contributed by atoms with Crippen LogP contribution in [0.3, 0.4) is 0 Å². The van der Waals surface area contributed by atoms with Crippen LogP contribution in [0.1, 0.15) is 41.8 Å². The lowest BCUT2D eigenvalue weighted by molar-refractivity contribution is -0.131. The number of aromatic amines is 1. The van der Waals surface area contributed by atoms with Gasteiger partial charge in [0, 0.05) is 36.0 Å². The fourth-order valence-electron chi connectivity index (χ4n) is 4.76. The molecule has 192 valence electrons. The predicted molar refractivity (Wildman–Crippen MR) is 146 cm³/mol. The second-order valence-corrected chi connectivity index (χ2v) is 9.19. The number of imidazole rings is 1. The maximum absolute atomic E-state index is 11.5. The molecule has 0 aliphatic carbocycles. The molecular weight excluding hydrogens is 478 g/mol. The Labute approximate surface area is 220 Å². The van der Waals surface area contributed by atoms with Gasteiger partial charge in [0.2, 0.25) is 0 Å². The Balaban J connectivity index is 1.55. The summed E-state index contributed by atoms with van der Waals surface area (Å²) in [5, 5.41) is 23.7. The van der Waals surface area contributed by atoms with Crippen LogP contribution in [0.5, 0.6) is 0 Å². The number of benzene rings is 2. The van der Waals surface area contributed by atoms with Crippen molar-refractivity contribution in [3.05, 3.63) is 95.2 Å². The highest BCUT2D eigenvalue weighted by Gasteiger charge is 2.19. The van der Waals surface area contributed by atoms with Gasteiger partial charge >= 0.3 is 5.97 Å². The molecular formula is C29H29N7O2. The maximum atomic E-state index is 11.5. The minimum atomic E-state index is -0.994. The molecule has 5 rings (SSSR count). The van der Waals surface area contributed by atoms with Gasteiger partial charge in [-0.1, -0.05) is 55.5 Å². The number of carboxylic acid groups (broad SMARTS) is 1. The number of nitrogens with zero attached hydrogens (tertiary/aromatic N) is 6. The summed E-state index contributed by atoms with van der Waals surface area (Å²) in [5.74, 6) is 1.29. The van der Waals surface area contributed by atoms with Crippen LogP contribution in [-0.2, 0) is 17.8 Å². The van der Waals surface area contributed by atoms with Crippen molar-refractivity contribution < 1.29 is 9.90 Å². The van der Waals surface area contributed by atoms with E-state index in [1.807, 2.05) is 50.2 Å². The van der Waals surface area contributed by atoms with E-state index in [1.165, 1.54) is 6.08 Å². The lowest BCUT2D eigenvalue weighted by Crippen LogP contribution is -2.08. The van der Waals surface area contributed by atoms with Gasteiger partial charge in [0.15, 0.2) is 11.6 Å². The van der Waals surface area contributed by atoms with Crippen LogP contribution in [0.15, 0.2) is 66.7 Å². The molecule has 0 unspecified atom stereocenters. The van der Waals surface area contributed by atoms with Crippen molar-refractivity contribution in [1.29, 1.82) is 0 Å². The number of rotatable bonds is 9. The Bertz CT molecular complexity index is 1570. The van der Waals surface area contributed by atoms with Gasteiger partial charge in [-0.15, -0.1) is 5.10 Å². The quantitative estimate of drug-likeness (QED) is 0.264. The zero-order valence-electron chi connectivity index (χ0n) is 21.6. The van der Waals surface area contributed by atoms with Gasteiger partial charge in [-0.25, -0.2) is 14.9 Å². The number of tetrazole rings is 1. The molecule has 2 N–H and O–H groups in total. The summed E-state index contributed by atoms with van der Waals surface area (Å²) in [6.45, 7) is 6.74. The van der Waals surface area contributed by atoms with Crippen LogP contribution >= 0.6 is 0 Å². The summed E-state index contributed by atoms with van der Waals surface area (Å²) >= 11 is 0. The normalized spacial score (nSPS) is 11.4. The lowest BCUT2D eigenvalue weighted by atomic mass is 9.98. The lowest BCUT2D eigenvalue weighted by Gasteiger charge is -2.13. The molecule has 3 heterocycles. The largest absolute Gasteiger partial charge is 0.478 e. The van der Waals surface area contributed by atoms with E-state index in [1.54, 1.807) is 6.08 Å². The summed E-state index contributed by atoms with van der Waals surface area (Å²) < 4.78 is 4.20. The van der Waals surface area contributed by atoms with Crippen LogP contribution in [0.2, 0.25) is 0 Å². The third kappa shape index (κ3) is 4.90. The van der Waals surface area contributed by atoms with E-state index in [4.69, 9.17) is 4.98 Å². The van der Waals surface area contributed by atoms with E-state index in [0.29, 0.717) is 12.4 Å². The molecule has 9 nitrogen and oxygen atoms in total. The average molecular weight is 508 g/mol. The minimum Gasteiger partial charge on any atom is -0.478 e. The third-order valence-electron chi connectivity index (χ3n) is 6.54. The topological polar surface area (TPSA) is 115 Å². The second kappa shape index (κ2) is 10.7. The van der Waals surface area contributed by atoms with Gasteiger partial charge in [-0.2, -0.15) is 0 Å². The van der Waals surface area contributed by atoms with E-state index >= 15 is 0 Å². The Morgan fingerprint density at radius 3 is 2.34 bits per heavy atom. The molecule has 3 aromatic heterocycles. The van der Waals surface area contributed by atoms with E-state index < -0.39 is 5.97 Å². The maximum Gasteiger partial charge on any atom is 0.328 e. The Hall–Kier alpha value is -4.79. The van der Waals surface area contributed by atoms with Crippen LogP contribution in [0.25, 0.3) is 34.4 Å². The van der Waals surface area contributed by atoms with Crippen molar-refractivity contribution in [2.45, 2.75) is 40.2 Å². The van der Waals surface area contributed by atoms with Crippen LogP contribution in [0, 0.1) is 13.8 Å². The van der Waals surface area contributed by atoms with Gasteiger partial charge < -0.3 is 14.2 Å². The number of carbonyl (C=O) groups is 1. The summed E-state index contributed by atoms with van der Waals surface area (Å²) in [6, 6.07) is 20.4. The summed E-state index contributed by atoms with van der Waals surface area (Å²) in [5.41, 5.74) is 6.94. The SMILES string of the molecule is CCCc1nc(-n2c(C)ccc2C)c(C=CC(=O)O)n1Cc1ccc(-c2ccccc2-c2nnn[nH]2)cc1. The molecule has 0 aliphatic rings. The minimum absolute atomic E-state index is 0.564. The van der Waals surface area contributed by atoms with Crippen molar-refractivity contribution in [3.8, 4) is 28.3 Å². The van der Waals surface area contributed by atoms with Crippen molar-refractivity contribution in [2.75, 3.05) is 0 Å². The van der Waals surface area contributed by atoms with Gasteiger partial charge in [0.05, 0.1) is 5.69 Å². The first-order chi connectivity index (χ1) is 18.5. The first kappa shape index (κ1) is 24.9. The fraction of sp³-hybridized carbons (Fsp3) is 0.207. The fourth-order valence-corrected chi connectivity index (χ4v) is 4.76. The van der Waals surface area contributed by atoms with Crippen molar-refractivity contribution in [1.82, 2.24) is 34.7 Å². The molecule has 0 radical (unpaired) electrons. The molecule has 0 aliphatic heterocycles. The summed E-state index contributed by atoms with van der Waals surface area (Å²) in [7, 11) is 0. The number of hydrogen-bond donors (Lipinski definition) is 2. The van der Waals surface area contributed by atoms with Gasteiger partial charge in [-0.3, -0.25) is 0 Å². The average Bonchev–Trinajstić information content (AvgIpc) is 3.64. The van der Waals surface area contributed by atoms with Gasteiger partial charge in [0.25, 0.3) is 0 Å². The smallest absolute Gasteiger partial charge is 0.328 e. The van der Waals surface area contributed by atoms with Gasteiger partial charge in [0.1, 0.15) is 5.82 Å². The molecule has 5 aromatic rings. The third-order valence-corrected chi connectivity index (χ3v) is 6.54. The first-order valence-corrected chi connectivity index (χ1v) is 12.5. The first-order valence-electron chi connectivity index (χ1n) is 12.5. The van der Waals surface area contributed by atoms with Crippen LogP contribution in [0.4, 0.5) is 0 Å².